The fourth-order valence-corrected chi connectivity index (χ4v) is 11.2. The number of primary sulfonamides is 1. The molecule has 1 unspecified atom stereocenters. The SMILES string of the molecule is C1CN2CCOC[C@@H]2CN1.C=CC[C@H](C)C(Cc1ccccc1)S(N)(=O)=O.C=C[C@H](OC(C)=O)[C@@H]1CC[C@H]1CN1C[C@@]2(CCCc3cc(Cl)ccc32)COc2ccc(C(=O)O)cc21.CI. The summed E-state index contributed by atoms with van der Waals surface area (Å²) in [6, 6.07) is 21.5. The first-order chi connectivity index (χ1) is 31.2. The second kappa shape index (κ2) is 25.0. The van der Waals surface area contributed by atoms with Crippen LogP contribution in [0.25, 0.3) is 0 Å². The second-order valence-corrected chi connectivity index (χ2v) is 19.9. The summed E-state index contributed by atoms with van der Waals surface area (Å²) in [5, 5.41) is 18.5. The number of morpholine rings is 1. The molecule has 3 aliphatic heterocycles. The summed E-state index contributed by atoms with van der Waals surface area (Å²) in [6.45, 7) is 19.3. The van der Waals surface area contributed by atoms with Gasteiger partial charge in [0.15, 0.2) is 0 Å². The minimum atomic E-state index is -3.53. The number of halogens is 2. The van der Waals surface area contributed by atoms with Crippen LogP contribution < -0.4 is 20.1 Å². The summed E-state index contributed by atoms with van der Waals surface area (Å²) in [6.07, 6.45) is 9.23. The number of alkyl halides is 1. The first kappa shape index (κ1) is 52.5. The Hall–Kier alpha value is -3.51. The van der Waals surface area contributed by atoms with Gasteiger partial charge in [0.2, 0.25) is 10.0 Å². The number of piperazine rings is 1. The predicted octanol–water partition coefficient (Wildman–Crippen LogP) is 8.10. The van der Waals surface area contributed by atoms with Crippen molar-refractivity contribution in [2.45, 2.75) is 81.6 Å². The molecular formula is C50H68ClIN4O8S. The summed E-state index contributed by atoms with van der Waals surface area (Å²) >= 11 is 8.48. The van der Waals surface area contributed by atoms with Gasteiger partial charge in [-0.15, -0.1) is 6.58 Å². The summed E-state index contributed by atoms with van der Waals surface area (Å²) < 4.78 is 40.5. The maximum absolute atomic E-state index is 11.8. The van der Waals surface area contributed by atoms with Gasteiger partial charge in [-0.25, -0.2) is 18.4 Å². The summed E-state index contributed by atoms with van der Waals surface area (Å²) in [5.41, 5.74) is 4.33. The molecule has 3 aromatic rings. The molecule has 3 fully saturated rings. The van der Waals surface area contributed by atoms with Crippen molar-refractivity contribution < 1.29 is 37.3 Å². The van der Waals surface area contributed by atoms with Crippen LogP contribution in [0, 0.1) is 17.8 Å². The van der Waals surface area contributed by atoms with E-state index in [1.165, 1.54) is 24.6 Å². The molecule has 7 atom stereocenters. The highest BCUT2D eigenvalue weighted by molar-refractivity contribution is 14.1. The van der Waals surface area contributed by atoms with Crippen molar-refractivity contribution in [3.05, 3.63) is 119 Å². The van der Waals surface area contributed by atoms with Crippen LogP contribution in [0.4, 0.5) is 5.69 Å². The number of rotatable bonds is 12. The van der Waals surface area contributed by atoms with Crippen LogP contribution in [0.3, 0.4) is 0 Å². The molecule has 5 aliphatic rings. The molecule has 3 heterocycles. The molecule has 0 amide bonds. The molecule has 1 spiro atoms. The lowest BCUT2D eigenvalue weighted by Gasteiger charge is -2.45. The Kier molecular flexibility index (Phi) is 20.2. The number of nitrogens with one attached hydrogen (secondary N) is 1. The van der Waals surface area contributed by atoms with Crippen LogP contribution in [0.2, 0.25) is 5.02 Å². The molecule has 2 saturated heterocycles. The van der Waals surface area contributed by atoms with Crippen LogP contribution >= 0.6 is 34.2 Å². The third-order valence-corrected chi connectivity index (χ3v) is 15.1. The quantitative estimate of drug-likeness (QED) is 0.0697. The van der Waals surface area contributed by atoms with Gasteiger partial charge in [0, 0.05) is 68.6 Å². The normalized spacial score (nSPS) is 23.6. The van der Waals surface area contributed by atoms with Gasteiger partial charge in [-0.05, 0) is 109 Å². The van der Waals surface area contributed by atoms with E-state index >= 15 is 0 Å². The molecule has 0 bridgehead atoms. The van der Waals surface area contributed by atoms with E-state index in [1.54, 1.807) is 30.4 Å². The zero-order valence-corrected chi connectivity index (χ0v) is 41.9. The molecule has 2 aliphatic carbocycles. The highest BCUT2D eigenvalue weighted by Crippen LogP contribution is 2.47. The van der Waals surface area contributed by atoms with Crippen LogP contribution in [-0.2, 0) is 42.5 Å². The number of fused-ring (bicyclic) bond motifs is 4. The number of esters is 1. The lowest BCUT2D eigenvalue weighted by molar-refractivity contribution is -0.149. The number of carbonyl (C=O) groups is 2. The van der Waals surface area contributed by atoms with E-state index in [0.29, 0.717) is 37.8 Å². The van der Waals surface area contributed by atoms with Crippen LogP contribution in [0.1, 0.15) is 73.0 Å². The number of hydrogen-bond acceptors (Lipinski definition) is 10. The number of aromatic carboxylic acids is 1. The van der Waals surface area contributed by atoms with Gasteiger partial charge in [0.25, 0.3) is 0 Å². The number of carboxylic acid groups (broad SMARTS) is 1. The topological polar surface area (TPSA) is 161 Å². The molecule has 356 valence electrons. The summed E-state index contributed by atoms with van der Waals surface area (Å²) in [7, 11) is -3.53. The third kappa shape index (κ3) is 14.3. The smallest absolute Gasteiger partial charge is 0.335 e. The Morgan fingerprint density at radius 2 is 1.88 bits per heavy atom. The average molecular weight is 1050 g/mol. The van der Waals surface area contributed by atoms with Crippen molar-refractivity contribution >= 4 is 61.8 Å². The zero-order valence-electron chi connectivity index (χ0n) is 38.1. The molecule has 4 N–H and O–H groups in total. The number of allylic oxidation sites excluding steroid dienone is 1. The van der Waals surface area contributed by atoms with E-state index in [0.717, 1.165) is 87.8 Å². The zero-order chi connectivity index (χ0) is 47.1. The Morgan fingerprint density at radius 1 is 1.11 bits per heavy atom. The minimum Gasteiger partial charge on any atom is -0.490 e. The predicted molar refractivity (Wildman–Crippen MR) is 269 cm³/mol. The molecule has 0 aromatic heterocycles. The average Bonchev–Trinajstić information content (AvgIpc) is 3.44. The fourth-order valence-electron chi connectivity index (χ4n) is 9.85. The summed E-state index contributed by atoms with van der Waals surface area (Å²) in [5.74, 6) is -0.108. The standard InChI is InChI=1S/C29H32ClNO5.C13H19NO2S.C7H14N2O.CH3I/c1-3-26(36-18(2)32)23-9-6-21(23)15-31-16-29(12-4-5-19-13-22(30)8-10-24(19)29)17-35-27-11-7-20(28(33)34)14-25(27)31;1-3-7-11(2)13(17(14,15)16)10-12-8-5-4-6-9-12;1-2-9-3-4-10-6-7(9)5-8-1;1-2/h3,7-8,10-11,13-14,21,23,26H,1,4-6,9,12,15-17H2,2H3,(H,33,34);3-6,8-9,11,13H,1,7,10H2,2H3,(H2,14,15,16);7-8H,1-6H2;1H3/t21-,23+,26-,29-;11-,13?;7-;/m000./s1. The molecule has 3 aromatic carbocycles. The fraction of sp³-hybridized carbons (Fsp3) is 0.520. The number of carboxylic acids is 1. The number of aryl methyl sites for hydroxylation is 1. The van der Waals surface area contributed by atoms with E-state index in [-0.39, 0.29) is 40.8 Å². The molecule has 15 heteroatoms. The molecule has 0 radical (unpaired) electrons. The van der Waals surface area contributed by atoms with Crippen LogP contribution in [-0.4, -0.2) is 112 Å². The van der Waals surface area contributed by atoms with Gasteiger partial charge < -0.3 is 29.5 Å². The van der Waals surface area contributed by atoms with E-state index in [1.807, 2.05) is 48.3 Å². The van der Waals surface area contributed by atoms with Gasteiger partial charge >= 0.3 is 11.9 Å². The number of benzene rings is 3. The Labute approximate surface area is 405 Å². The largest absolute Gasteiger partial charge is 0.490 e. The number of anilines is 1. The van der Waals surface area contributed by atoms with E-state index in [4.69, 9.17) is 31.0 Å². The number of nitrogens with zero attached hydrogens (tertiary/aromatic N) is 2. The van der Waals surface area contributed by atoms with Crippen molar-refractivity contribution in [2.75, 3.05) is 68.9 Å². The van der Waals surface area contributed by atoms with Gasteiger partial charge in [0.1, 0.15) is 11.9 Å². The number of carbonyl (C=O) groups excluding carboxylic acids is 1. The molecular weight excluding hydrogens is 979 g/mol. The van der Waals surface area contributed by atoms with Gasteiger partial charge in [-0.1, -0.05) is 96.2 Å². The lowest BCUT2D eigenvalue weighted by Crippen LogP contribution is -2.56. The first-order valence-corrected chi connectivity index (χ1v) is 26.8. The van der Waals surface area contributed by atoms with Crippen molar-refractivity contribution in [1.82, 2.24) is 10.2 Å². The number of ether oxygens (including phenoxy) is 3. The number of nitrogens with two attached hydrogens (primary N) is 1. The number of sulfonamides is 1. The second-order valence-electron chi connectivity index (χ2n) is 17.7. The number of hydrogen-bond donors (Lipinski definition) is 3. The minimum absolute atomic E-state index is 0.0253. The van der Waals surface area contributed by atoms with Gasteiger partial charge in [-0.2, -0.15) is 0 Å². The van der Waals surface area contributed by atoms with Crippen molar-refractivity contribution in [3.8, 4) is 5.75 Å². The highest BCUT2D eigenvalue weighted by Gasteiger charge is 2.45. The van der Waals surface area contributed by atoms with E-state index in [9.17, 15) is 23.1 Å². The Bertz CT molecular complexity index is 2140. The molecule has 65 heavy (non-hydrogen) atoms. The van der Waals surface area contributed by atoms with Gasteiger partial charge in [0.05, 0.1) is 36.3 Å². The molecule has 12 nitrogen and oxygen atoms in total. The van der Waals surface area contributed by atoms with E-state index < -0.39 is 21.2 Å². The Balaban J connectivity index is 0.000000224. The van der Waals surface area contributed by atoms with Crippen molar-refractivity contribution in [1.29, 1.82) is 0 Å². The lowest BCUT2D eigenvalue weighted by atomic mass is 9.68. The van der Waals surface area contributed by atoms with Crippen molar-refractivity contribution in [3.63, 3.8) is 0 Å². The third-order valence-electron chi connectivity index (χ3n) is 13.4. The van der Waals surface area contributed by atoms with Gasteiger partial charge in [-0.3, -0.25) is 9.69 Å². The monoisotopic (exact) mass is 1050 g/mol. The maximum Gasteiger partial charge on any atom is 0.335 e. The summed E-state index contributed by atoms with van der Waals surface area (Å²) in [4.78, 5) is 30.2. The van der Waals surface area contributed by atoms with E-state index in [2.05, 4.69) is 63.0 Å². The molecule has 1 saturated carbocycles. The molecule has 8 rings (SSSR count). The Morgan fingerprint density at radius 3 is 2.52 bits per heavy atom. The maximum atomic E-state index is 11.8. The van der Waals surface area contributed by atoms with Crippen molar-refractivity contribution in [2.24, 2.45) is 22.9 Å². The highest BCUT2D eigenvalue weighted by atomic mass is 127. The van der Waals surface area contributed by atoms with Crippen LogP contribution in [0.5, 0.6) is 5.75 Å². The van der Waals surface area contributed by atoms with Crippen LogP contribution in [0.15, 0.2) is 92.0 Å². The first-order valence-electron chi connectivity index (χ1n) is 22.6.